The van der Waals surface area contributed by atoms with Crippen molar-refractivity contribution >= 4 is 5.57 Å². The van der Waals surface area contributed by atoms with Gasteiger partial charge in [-0.3, -0.25) is 0 Å². The van der Waals surface area contributed by atoms with Gasteiger partial charge in [0.1, 0.15) is 0 Å². The molecule has 0 heterocycles. The van der Waals surface area contributed by atoms with E-state index >= 15 is 0 Å². The lowest BCUT2D eigenvalue weighted by Crippen LogP contribution is -2.08. The minimum atomic E-state index is -1.35. The van der Waals surface area contributed by atoms with Gasteiger partial charge in [-0.05, 0) is 61.4 Å². The second kappa shape index (κ2) is 9.44. The van der Waals surface area contributed by atoms with Gasteiger partial charge in [-0.2, -0.15) is 8.78 Å². The van der Waals surface area contributed by atoms with Crippen LogP contribution >= 0.6 is 0 Å². The average Bonchev–Trinajstić information content (AvgIpc) is 2.83. The van der Waals surface area contributed by atoms with Crippen LogP contribution in [0.3, 0.4) is 0 Å². The van der Waals surface area contributed by atoms with Crippen LogP contribution in [0.25, 0.3) is 16.7 Å². The lowest BCUT2D eigenvalue weighted by molar-refractivity contribution is 0.314. The molecule has 3 aromatic rings. The molecule has 1 unspecified atom stereocenters. The second-order valence-electron chi connectivity index (χ2n) is 7.96. The molecule has 0 saturated carbocycles. The van der Waals surface area contributed by atoms with Crippen molar-refractivity contribution in [1.82, 2.24) is 0 Å². The van der Waals surface area contributed by atoms with Gasteiger partial charge in [-0.1, -0.05) is 24.3 Å². The molecule has 0 amide bonds. The van der Waals surface area contributed by atoms with E-state index in [2.05, 4.69) is 0 Å². The number of halogens is 6. The van der Waals surface area contributed by atoms with Crippen LogP contribution in [-0.2, 0) is 0 Å². The van der Waals surface area contributed by atoms with Crippen molar-refractivity contribution in [1.29, 1.82) is 0 Å². The van der Waals surface area contributed by atoms with E-state index < -0.39 is 57.7 Å². The van der Waals surface area contributed by atoms with Crippen molar-refractivity contribution in [3.05, 3.63) is 88.5 Å². The molecule has 0 aliphatic heterocycles. The quantitative estimate of drug-likeness (QED) is 0.382. The Labute approximate surface area is 192 Å². The summed E-state index contributed by atoms with van der Waals surface area (Å²) in [6, 6.07) is 7.11. The minimum absolute atomic E-state index is 0.0381. The van der Waals surface area contributed by atoms with Crippen molar-refractivity contribution < 1.29 is 36.2 Å². The Bertz CT molecular complexity index is 1290. The van der Waals surface area contributed by atoms with Gasteiger partial charge in [-0.15, -0.1) is 0 Å². The molecule has 2 nitrogen and oxygen atoms in total. The molecule has 1 atom stereocenters. The number of phenols is 1. The predicted octanol–water partition coefficient (Wildman–Crippen LogP) is 7.64. The second-order valence-corrected chi connectivity index (χ2v) is 7.96. The first-order valence-electron chi connectivity index (χ1n) is 10.7. The first-order valence-corrected chi connectivity index (χ1v) is 10.7. The molecule has 0 bridgehead atoms. The predicted molar refractivity (Wildman–Crippen MR) is 115 cm³/mol. The van der Waals surface area contributed by atoms with E-state index in [1.807, 2.05) is 0 Å². The van der Waals surface area contributed by atoms with Crippen molar-refractivity contribution in [3.8, 4) is 22.6 Å². The summed E-state index contributed by atoms with van der Waals surface area (Å²) in [7, 11) is 0. The lowest BCUT2D eigenvalue weighted by atomic mass is 9.82. The van der Waals surface area contributed by atoms with E-state index in [0.29, 0.717) is 12.0 Å². The van der Waals surface area contributed by atoms with Crippen molar-refractivity contribution in [2.45, 2.75) is 32.1 Å². The molecule has 178 valence electrons. The highest BCUT2D eigenvalue weighted by Crippen LogP contribution is 2.40. The Hall–Kier alpha value is -3.42. The highest BCUT2D eigenvalue weighted by atomic mass is 19.2. The zero-order valence-corrected chi connectivity index (χ0v) is 18.1. The normalized spacial score (nSPS) is 15.9. The van der Waals surface area contributed by atoms with E-state index in [0.717, 1.165) is 18.2 Å². The summed E-state index contributed by atoms with van der Waals surface area (Å²) in [5.74, 6) is -9.13. The Morgan fingerprint density at radius 3 is 2.03 bits per heavy atom. The molecule has 3 aromatic carbocycles. The summed E-state index contributed by atoms with van der Waals surface area (Å²) in [5, 5.41) is 9.29. The van der Waals surface area contributed by atoms with Crippen LogP contribution in [0.4, 0.5) is 26.3 Å². The zero-order valence-electron chi connectivity index (χ0n) is 18.1. The minimum Gasteiger partial charge on any atom is -0.505 e. The van der Waals surface area contributed by atoms with Gasteiger partial charge < -0.3 is 9.84 Å². The molecule has 1 aliphatic carbocycles. The Kier molecular flexibility index (Phi) is 6.59. The maximum Gasteiger partial charge on any atom is 0.201 e. The van der Waals surface area contributed by atoms with Crippen LogP contribution in [0.5, 0.6) is 11.5 Å². The third-order valence-corrected chi connectivity index (χ3v) is 6.01. The van der Waals surface area contributed by atoms with Crippen molar-refractivity contribution in [3.63, 3.8) is 0 Å². The van der Waals surface area contributed by atoms with Crippen LogP contribution in [0.1, 0.15) is 43.2 Å². The summed E-state index contributed by atoms with van der Waals surface area (Å²) >= 11 is 0. The highest BCUT2D eigenvalue weighted by Gasteiger charge is 2.26. The number of hydrogen-bond donors (Lipinski definition) is 1. The zero-order chi connectivity index (χ0) is 24.6. The molecule has 8 heteroatoms. The fraction of sp³-hybridized carbons (Fsp3) is 0.231. The first kappa shape index (κ1) is 23.7. The van der Waals surface area contributed by atoms with Crippen molar-refractivity contribution in [2.75, 3.05) is 6.61 Å². The maximum atomic E-state index is 15.0. The number of rotatable bonds is 5. The monoisotopic (exact) mass is 478 g/mol. The number of aromatic hydroxyl groups is 1. The fourth-order valence-corrected chi connectivity index (χ4v) is 4.24. The van der Waals surface area contributed by atoms with E-state index in [4.69, 9.17) is 4.74 Å². The van der Waals surface area contributed by atoms with Crippen LogP contribution < -0.4 is 4.74 Å². The van der Waals surface area contributed by atoms with Gasteiger partial charge in [0, 0.05) is 16.7 Å². The number of hydrogen-bond acceptors (Lipinski definition) is 2. The van der Waals surface area contributed by atoms with E-state index in [-0.39, 0.29) is 36.3 Å². The third-order valence-electron chi connectivity index (χ3n) is 6.01. The third kappa shape index (κ3) is 4.13. The standard InChI is InChI=1S/C26H20F6O2/c1-2-34-20-12-10-18(24(30)26(20)32)17-8-7-15(21(27)23(17)29)13-3-5-14(6-4-13)16-9-11-19(33)25(31)22(16)28/h3,7-12,14,33H,2,4-6H2,1H3. The number of ether oxygens (including phenoxy) is 1. The number of benzene rings is 3. The Morgan fingerprint density at radius 2 is 1.38 bits per heavy atom. The fourth-order valence-electron chi connectivity index (χ4n) is 4.24. The van der Waals surface area contributed by atoms with Gasteiger partial charge in [-0.25, -0.2) is 17.6 Å². The average molecular weight is 478 g/mol. The molecule has 4 rings (SSSR count). The van der Waals surface area contributed by atoms with Gasteiger partial charge >= 0.3 is 0 Å². The molecular weight excluding hydrogens is 458 g/mol. The van der Waals surface area contributed by atoms with Crippen LogP contribution in [0.2, 0.25) is 0 Å². The molecule has 0 radical (unpaired) electrons. The number of phenolic OH excluding ortho intramolecular Hbond substituents is 1. The first-order chi connectivity index (χ1) is 16.2. The van der Waals surface area contributed by atoms with Gasteiger partial charge in [0.15, 0.2) is 34.8 Å². The summed E-state index contributed by atoms with van der Waals surface area (Å²) in [5.41, 5.74) is -0.343. The molecule has 0 fully saturated rings. The maximum absolute atomic E-state index is 15.0. The summed E-state index contributed by atoms with van der Waals surface area (Å²) in [6.07, 6.45) is 2.47. The molecule has 0 saturated heterocycles. The molecule has 0 spiro atoms. The highest BCUT2D eigenvalue weighted by molar-refractivity contribution is 5.73. The molecule has 0 aromatic heterocycles. The van der Waals surface area contributed by atoms with Crippen LogP contribution in [0, 0.1) is 34.9 Å². The van der Waals surface area contributed by atoms with E-state index in [1.54, 1.807) is 13.0 Å². The SMILES string of the molecule is CCOc1ccc(-c2ccc(C3=CCC(c4ccc(O)c(F)c4F)CC3)c(F)c2F)c(F)c1F. The number of allylic oxidation sites excluding steroid dienone is 2. The molecular formula is C26H20F6O2. The largest absolute Gasteiger partial charge is 0.505 e. The smallest absolute Gasteiger partial charge is 0.201 e. The summed E-state index contributed by atoms with van der Waals surface area (Å²) in [4.78, 5) is 0. The van der Waals surface area contributed by atoms with Crippen LogP contribution in [-0.4, -0.2) is 11.7 Å². The van der Waals surface area contributed by atoms with E-state index in [9.17, 15) is 31.4 Å². The van der Waals surface area contributed by atoms with Gasteiger partial charge in [0.05, 0.1) is 6.61 Å². The summed E-state index contributed by atoms with van der Waals surface area (Å²) < 4.78 is 91.4. The van der Waals surface area contributed by atoms with Crippen molar-refractivity contribution in [2.24, 2.45) is 0 Å². The van der Waals surface area contributed by atoms with E-state index in [1.165, 1.54) is 18.2 Å². The van der Waals surface area contributed by atoms with Gasteiger partial charge in [0.2, 0.25) is 11.6 Å². The Morgan fingerprint density at radius 1 is 0.765 bits per heavy atom. The molecule has 1 N–H and O–H groups in total. The van der Waals surface area contributed by atoms with Gasteiger partial charge in [0.25, 0.3) is 0 Å². The molecule has 34 heavy (non-hydrogen) atoms. The molecule has 1 aliphatic rings. The summed E-state index contributed by atoms with van der Waals surface area (Å²) in [6.45, 7) is 1.71. The lowest BCUT2D eigenvalue weighted by Gasteiger charge is -2.23. The Balaban J connectivity index is 1.63. The van der Waals surface area contributed by atoms with Crippen LogP contribution in [0.15, 0.2) is 42.5 Å². The topological polar surface area (TPSA) is 29.5 Å².